The number of carbonyl (C=O) groups excluding carboxylic acids is 1. The molecule has 0 saturated heterocycles. The summed E-state index contributed by atoms with van der Waals surface area (Å²) in [5.41, 5.74) is 3.33. The predicted octanol–water partition coefficient (Wildman–Crippen LogP) is 3.95. The van der Waals surface area contributed by atoms with E-state index in [2.05, 4.69) is 20.4 Å². The van der Waals surface area contributed by atoms with Crippen molar-refractivity contribution < 1.29 is 4.79 Å². The first-order valence-electron chi connectivity index (χ1n) is 8.00. The first-order chi connectivity index (χ1) is 12.7. The van der Waals surface area contributed by atoms with E-state index in [0.29, 0.717) is 10.6 Å². The third-order valence-electron chi connectivity index (χ3n) is 3.83. The normalized spacial score (nSPS) is 10.7. The van der Waals surface area contributed by atoms with Crippen LogP contribution in [0.1, 0.15) is 15.4 Å². The van der Waals surface area contributed by atoms with Gasteiger partial charge in [-0.05, 0) is 31.2 Å². The van der Waals surface area contributed by atoms with Crippen LogP contribution in [0.25, 0.3) is 16.3 Å². The van der Waals surface area contributed by atoms with Gasteiger partial charge < -0.3 is 5.32 Å². The van der Waals surface area contributed by atoms with Crippen LogP contribution < -0.4 is 5.32 Å². The second kappa shape index (κ2) is 6.89. The molecule has 0 fully saturated rings. The van der Waals surface area contributed by atoms with Gasteiger partial charge in [0.15, 0.2) is 0 Å². The lowest BCUT2D eigenvalue weighted by Gasteiger charge is -2.05. The number of carbonyl (C=O) groups is 1. The minimum atomic E-state index is -0.157. The number of aromatic nitrogens is 4. The van der Waals surface area contributed by atoms with Crippen molar-refractivity contribution in [1.82, 2.24) is 19.7 Å². The molecule has 0 saturated carbocycles. The molecule has 2 aromatic carbocycles. The number of anilines is 1. The molecule has 4 aromatic rings. The first-order valence-corrected chi connectivity index (χ1v) is 8.81. The Morgan fingerprint density at radius 2 is 1.85 bits per heavy atom. The number of benzene rings is 2. The Kier molecular flexibility index (Phi) is 4.28. The minimum absolute atomic E-state index is 0.157. The van der Waals surface area contributed by atoms with Gasteiger partial charge in [-0.2, -0.15) is 5.10 Å². The highest BCUT2D eigenvalue weighted by Gasteiger charge is 2.16. The highest BCUT2D eigenvalue weighted by Crippen LogP contribution is 2.28. The molecule has 0 spiro atoms. The number of nitrogens with zero attached hydrogens (tertiary/aromatic N) is 4. The van der Waals surface area contributed by atoms with Crippen molar-refractivity contribution >= 4 is 22.9 Å². The molecular weight excluding hydrogens is 346 g/mol. The van der Waals surface area contributed by atoms with Gasteiger partial charge in [0.25, 0.3) is 5.91 Å². The van der Waals surface area contributed by atoms with Gasteiger partial charge in [-0.25, -0.2) is 14.6 Å². The van der Waals surface area contributed by atoms with E-state index in [4.69, 9.17) is 0 Å². The predicted molar refractivity (Wildman–Crippen MR) is 102 cm³/mol. The van der Waals surface area contributed by atoms with Crippen LogP contribution in [-0.2, 0) is 0 Å². The highest BCUT2D eigenvalue weighted by atomic mass is 32.1. The summed E-state index contributed by atoms with van der Waals surface area (Å²) < 4.78 is 1.66. The molecular formula is C19H15N5OS. The van der Waals surface area contributed by atoms with Crippen molar-refractivity contribution in [2.24, 2.45) is 0 Å². The Hall–Kier alpha value is -3.32. The molecule has 0 aliphatic heterocycles. The summed E-state index contributed by atoms with van der Waals surface area (Å²) in [7, 11) is 0. The van der Waals surface area contributed by atoms with Crippen molar-refractivity contribution in [1.29, 1.82) is 0 Å². The molecule has 26 heavy (non-hydrogen) atoms. The maximum absolute atomic E-state index is 12.6. The third-order valence-corrected chi connectivity index (χ3v) is 5.04. The number of hydrogen-bond acceptors (Lipinski definition) is 5. The quantitative estimate of drug-likeness (QED) is 0.597. The van der Waals surface area contributed by atoms with Gasteiger partial charge in [-0.1, -0.05) is 30.3 Å². The Balaban J connectivity index is 1.52. The Labute approximate surface area is 154 Å². The average Bonchev–Trinajstić information content (AvgIpc) is 3.33. The molecule has 1 amide bonds. The lowest BCUT2D eigenvalue weighted by molar-refractivity contribution is 0.103. The van der Waals surface area contributed by atoms with E-state index in [1.807, 2.05) is 61.5 Å². The lowest BCUT2D eigenvalue weighted by atomic mass is 10.2. The first kappa shape index (κ1) is 16.2. The molecule has 7 heteroatoms. The monoisotopic (exact) mass is 361 g/mol. The average molecular weight is 361 g/mol. The number of thiazole rings is 1. The number of hydrogen-bond donors (Lipinski definition) is 1. The zero-order valence-corrected chi connectivity index (χ0v) is 14.8. The maximum atomic E-state index is 12.6. The molecule has 0 unspecified atom stereocenters. The van der Waals surface area contributed by atoms with Crippen molar-refractivity contribution in [3.8, 4) is 16.3 Å². The molecule has 0 bridgehead atoms. The largest absolute Gasteiger partial charge is 0.321 e. The van der Waals surface area contributed by atoms with Crippen LogP contribution in [0.3, 0.4) is 0 Å². The topological polar surface area (TPSA) is 72.7 Å². The molecule has 4 rings (SSSR count). The third kappa shape index (κ3) is 3.25. The van der Waals surface area contributed by atoms with Crippen LogP contribution in [0.2, 0.25) is 0 Å². The van der Waals surface area contributed by atoms with E-state index in [0.717, 1.165) is 22.0 Å². The van der Waals surface area contributed by atoms with E-state index in [1.165, 1.54) is 17.7 Å². The molecule has 2 aromatic heterocycles. The van der Waals surface area contributed by atoms with Crippen LogP contribution in [0.4, 0.5) is 5.69 Å². The molecule has 0 atom stereocenters. The van der Waals surface area contributed by atoms with Crippen LogP contribution in [0.5, 0.6) is 0 Å². The van der Waals surface area contributed by atoms with Crippen molar-refractivity contribution in [3.05, 3.63) is 77.8 Å². The van der Waals surface area contributed by atoms with Crippen molar-refractivity contribution in [2.45, 2.75) is 6.92 Å². The van der Waals surface area contributed by atoms with Gasteiger partial charge in [0.05, 0.1) is 11.4 Å². The Morgan fingerprint density at radius 1 is 1.08 bits per heavy atom. The van der Waals surface area contributed by atoms with Crippen molar-refractivity contribution in [2.75, 3.05) is 5.32 Å². The summed E-state index contributed by atoms with van der Waals surface area (Å²) >= 11 is 1.40. The van der Waals surface area contributed by atoms with Crippen LogP contribution in [-0.4, -0.2) is 25.7 Å². The lowest BCUT2D eigenvalue weighted by Crippen LogP contribution is -2.11. The zero-order chi connectivity index (χ0) is 17.9. The molecule has 0 aliphatic carbocycles. The summed E-state index contributed by atoms with van der Waals surface area (Å²) in [4.78, 5) is 21.7. The van der Waals surface area contributed by atoms with E-state index in [1.54, 1.807) is 11.0 Å². The molecule has 128 valence electrons. The maximum Gasteiger partial charge on any atom is 0.267 e. The summed E-state index contributed by atoms with van der Waals surface area (Å²) in [6.45, 7) is 1.85. The summed E-state index contributed by atoms with van der Waals surface area (Å²) in [5, 5.41) is 7.84. The van der Waals surface area contributed by atoms with E-state index in [9.17, 15) is 4.79 Å². The van der Waals surface area contributed by atoms with Crippen molar-refractivity contribution in [3.63, 3.8) is 0 Å². The van der Waals surface area contributed by atoms with Crippen LogP contribution in [0.15, 0.2) is 67.3 Å². The zero-order valence-electron chi connectivity index (χ0n) is 14.0. The number of aryl methyl sites for hydroxylation is 1. The van der Waals surface area contributed by atoms with Gasteiger partial charge in [0, 0.05) is 11.3 Å². The molecule has 0 radical (unpaired) electrons. The minimum Gasteiger partial charge on any atom is -0.321 e. The molecule has 1 N–H and O–H groups in total. The SMILES string of the molecule is Cc1nc(-c2ccccc2)sc1C(=O)Nc1ccc(-n2cncn2)cc1. The molecule has 0 aliphatic rings. The van der Waals surface area contributed by atoms with E-state index < -0.39 is 0 Å². The fourth-order valence-corrected chi connectivity index (χ4v) is 3.51. The number of rotatable bonds is 4. The van der Waals surface area contributed by atoms with Gasteiger partial charge in [0.2, 0.25) is 0 Å². The summed E-state index contributed by atoms with van der Waals surface area (Å²) in [5.74, 6) is -0.157. The summed E-state index contributed by atoms with van der Waals surface area (Å²) in [6, 6.07) is 17.3. The Morgan fingerprint density at radius 3 is 2.54 bits per heavy atom. The van der Waals surface area contributed by atoms with Crippen LogP contribution >= 0.6 is 11.3 Å². The fourth-order valence-electron chi connectivity index (χ4n) is 2.54. The Bertz CT molecular complexity index is 1020. The second-order valence-electron chi connectivity index (χ2n) is 5.64. The summed E-state index contributed by atoms with van der Waals surface area (Å²) in [6.07, 6.45) is 3.10. The van der Waals surface area contributed by atoms with E-state index >= 15 is 0 Å². The molecule has 2 heterocycles. The van der Waals surface area contributed by atoms with Crippen LogP contribution in [0, 0.1) is 6.92 Å². The van der Waals surface area contributed by atoms with Gasteiger partial charge in [-0.3, -0.25) is 4.79 Å². The second-order valence-corrected chi connectivity index (χ2v) is 6.64. The fraction of sp³-hybridized carbons (Fsp3) is 0.0526. The van der Waals surface area contributed by atoms with Gasteiger partial charge >= 0.3 is 0 Å². The smallest absolute Gasteiger partial charge is 0.267 e. The number of nitrogens with one attached hydrogen (secondary N) is 1. The van der Waals surface area contributed by atoms with Gasteiger partial charge in [0.1, 0.15) is 22.5 Å². The standard InChI is InChI=1S/C19H15N5OS/c1-13-17(26-19(22-13)14-5-3-2-4-6-14)18(25)23-15-7-9-16(10-8-15)24-12-20-11-21-24/h2-12H,1H3,(H,23,25). The van der Waals surface area contributed by atoms with Gasteiger partial charge in [-0.15, -0.1) is 11.3 Å². The molecule has 6 nitrogen and oxygen atoms in total. The number of amides is 1. The highest BCUT2D eigenvalue weighted by molar-refractivity contribution is 7.17. The van der Waals surface area contributed by atoms with E-state index in [-0.39, 0.29) is 5.91 Å².